The molecule has 0 spiro atoms. The van der Waals surface area contributed by atoms with E-state index in [4.69, 9.17) is 5.11 Å². The quantitative estimate of drug-likeness (QED) is 0.832. The Morgan fingerprint density at radius 3 is 2.80 bits per heavy atom. The monoisotopic (exact) mass is 225 g/mol. The van der Waals surface area contributed by atoms with Gasteiger partial charge in [0.2, 0.25) is 0 Å². The van der Waals surface area contributed by atoms with Crippen molar-refractivity contribution in [1.82, 2.24) is 4.90 Å². The van der Waals surface area contributed by atoms with Gasteiger partial charge in [0.25, 0.3) is 0 Å². The summed E-state index contributed by atoms with van der Waals surface area (Å²) in [5.74, 6) is 0. The molecule has 1 heterocycles. The summed E-state index contributed by atoms with van der Waals surface area (Å²) < 4.78 is 0. The number of thiophene rings is 1. The van der Waals surface area contributed by atoms with Gasteiger partial charge in [-0.25, -0.2) is 0 Å². The lowest BCUT2D eigenvalue weighted by atomic mass is 10.2. The highest BCUT2D eigenvalue weighted by molar-refractivity contribution is 7.07. The molecule has 0 atom stereocenters. The van der Waals surface area contributed by atoms with Crippen molar-refractivity contribution in [2.45, 2.75) is 38.3 Å². The van der Waals surface area contributed by atoms with Gasteiger partial charge in [-0.3, -0.25) is 4.90 Å². The number of rotatable bonds is 5. The largest absolute Gasteiger partial charge is 0.395 e. The van der Waals surface area contributed by atoms with Crippen molar-refractivity contribution in [3.63, 3.8) is 0 Å². The van der Waals surface area contributed by atoms with Crippen LogP contribution in [0.2, 0.25) is 0 Å². The SMILES string of the molecule is OCCN(Cc1ccsc1)C1CCCC1. The Morgan fingerprint density at radius 1 is 1.40 bits per heavy atom. The predicted molar refractivity (Wildman–Crippen MR) is 64.1 cm³/mol. The van der Waals surface area contributed by atoms with Gasteiger partial charge in [-0.05, 0) is 35.2 Å². The first kappa shape index (κ1) is 11.1. The number of hydrogen-bond donors (Lipinski definition) is 1. The maximum atomic E-state index is 9.09. The van der Waals surface area contributed by atoms with Crippen molar-refractivity contribution in [3.05, 3.63) is 22.4 Å². The molecule has 1 aromatic heterocycles. The molecule has 0 aliphatic heterocycles. The van der Waals surface area contributed by atoms with Crippen LogP contribution in [0.3, 0.4) is 0 Å². The van der Waals surface area contributed by atoms with Crippen LogP contribution in [0, 0.1) is 0 Å². The molecule has 2 rings (SSSR count). The van der Waals surface area contributed by atoms with Gasteiger partial charge >= 0.3 is 0 Å². The van der Waals surface area contributed by atoms with Crippen LogP contribution in [-0.2, 0) is 6.54 Å². The van der Waals surface area contributed by atoms with Crippen LogP contribution in [0.4, 0.5) is 0 Å². The Morgan fingerprint density at radius 2 is 2.20 bits per heavy atom. The van der Waals surface area contributed by atoms with Crippen molar-refractivity contribution >= 4 is 11.3 Å². The zero-order valence-electron chi connectivity index (χ0n) is 9.06. The molecule has 2 nitrogen and oxygen atoms in total. The fourth-order valence-electron chi connectivity index (χ4n) is 2.41. The second-order valence-corrected chi connectivity index (χ2v) is 5.04. The number of hydrogen-bond acceptors (Lipinski definition) is 3. The molecule has 0 amide bonds. The fraction of sp³-hybridized carbons (Fsp3) is 0.667. The van der Waals surface area contributed by atoms with Crippen molar-refractivity contribution in [2.24, 2.45) is 0 Å². The number of nitrogens with zero attached hydrogens (tertiary/aromatic N) is 1. The Labute approximate surface area is 95.5 Å². The molecule has 0 saturated heterocycles. The van der Waals surface area contributed by atoms with Crippen LogP contribution in [0.15, 0.2) is 16.8 Å². The highest BCUT2D eigenvalue weighted by Gasteiger charge is 2.22. The molecule has 0 unspecified atom stereocenters. The number of aliphatic hydroxyl groups excluding tert-OH is 1. The smallest absolute Gasteiger partial charge is 0.0558 e. The van der Waals surface area contributed by atoms with Crippen LogP contribution in [0.5, 0.6) is 0 Å². The molecular weight excluding hydrogens is 206 g/mol. The van der Waals surface area contributed by atoms with E-state index in [1.54, 1.807) is 11.3 Å². The summed E-state index contributed by atoms with van der Waals surface area (Å²) in [5, 5.41) is 13.4. The van der Waals surface area contributed by atoms with Gasteiger partial charge in [0, 0.05) is 19.1 Å². The molecule has 1 N–H and O–H groups in total. The second kappa shape index (κ2) is 5.64. The van der Waals surface area contributed by atoms with Crippen LogP contribution in [-0.4, -0.2) is 29.2 Å². The summed E-state index contributed by atoms with van der Waals surface area (Å²) in [5.41, 5.74) is 1.39. The van der Waals surface area contributed by atoms with Crippen molar-refractivity contribution in [2.75, 3.05) is 13.2 Å². The summed E-state index contributed by atoms with van der Waals surface area (Å²) in [6.07, 6.45) is 5.33. The van der Waals surface area contributed by atoms with Gasteiger partial charge in [-0.15, -0.1) is 0 Å². The van der Waals surface area contributed by atoms with E-state index in [0.29, 0.717) is 6.04 Å². The molecule has 1 aliphatic carbocycles. The average Bonchev–Trinajstić information content (AvgIpc) is 2.89. The molecule has 84 valence electrons. The summed E-state index contributed by atoms with van der Waals surface area (Å²) in [6.45, 7) is 2.11. The molecule has 0 bridgehead atoms. The van der Waals surface area contributed by atoms with E-state index in [1.165, 1.54) is 31.2 Å². The molecule has 1 saturated carbocycles. The van der Waals surface area contributed by atoms with E-state index in [1.807, 2.05) is 0 Å². The van der Waals surface area contributed by atoms with E-state index in [2.05, 4.69) is 21.7 Å². The van der Waals surface area contributed by atoms with E-state index >= 15 is 0 Å². The first-order valence-electron chi connectivity index (χ1n) is 5.76. The first-order chi connectivity index (χ1) is 7.40. The second-order valence-electron chi connectivity index (χ2n) is 4.26. The van der Waals surface area contributed by atoms with Gasteiger partial charge < -0.3 is 5.11 Å². The Hall–Kier alpha value is -0.380. The maximum absolute atomic E-state index is 9.09. The third kappa shape index (κ3) is 3.03. The summed E-state index contributed by atoms with van der Waals surface area (Å²) in [7, 11) is 0. The van der Waals surface area contributed by atoms with Gasteiger partial charge in [0.05, 0.1) is 6.61 Å². The molecule has 15 heavy (non-hydrogen) atoms. The van der Waals surface area contributed by atoms with Gasteiger partial charge in [-0.2, -0.15) is 11.3 Å². The zero-order valence-corrected chi connectivity index (χ0v) is 9.88. The minimum Gasteiger partial charge on any atom is -0.395 e. The van der Waals surface area contributed by atoms with Crippen molar-refractivity contribution in [1.29, 1.82) is 0 Å². The minimum absolute atomic E-state index is 0.278. The standard InChI is InChI=1S/C12H19NOS/c14-7-6-13(12-3-1-2-4-12)9-11-5-8-15-10-11/h5,8,10,12,14H,1-4,6-7,9H2. The third-order valence-corrected chi connectivity index (χ3v) is 3.93. The Bertz CT molecular complexity index is 267. The molecular formula is C12H19NOS. The van der Waals surface area contributed by atoms with Crippen LogP contribution >= 0.6 is 11.3 Å². The Balaban J connectivity index is 1.93. The highest BCUT2D eigenvalue weighted by Crippen LogP contribution is 2.25. The average molecular weight is 225 g/mol. The molecule has 1 aliphatic rings. The third-order valence-electron chi connectivity index (χ3n) is 3.19. The van der Waals surface area contributed by atoms with Crippen LogP contribution in [0.25, 0.3) is 0 Å². The van der Waals surface area contributed by atoms with E-state index in [9.17, 15) is 0 Å². The summed E-state index contributed by atoms with van der Waals surface area (Å²) in [6, 6.07) is 2.89. The molecule has 0 radical (unpaired) electrons. The minimum atomic E-state index is 0.278. The molecule has 1 aromatic rings. The zero-order chi connectivity index (χ0) is 10.5. The first-order valence-corrected chi connectivity index (χ1v) is 6.70. The van der Waals surface area contributed by atoms with E-state index in [0.717, 1.165) is 13.1 Å². The summed E-state index contributed by atoms with van der Waals surface area (Å²) >= 11 is 1.75. The van der Waals surface area contributed by atoms with Gasteiger partial charge in [-0.1, -0.05) is 12.8 Å². The fourth-order valence-corrected chi connectivity index (χ4v) is 3.07. The van der Waals surface area contributed by atoms with Crippen LogP contribution in [0.1, 0.15) is 31.2 Å². The molecule has 1 fully saturated rings. The van der Waals surface area contributed by atoms with Gasteiger partial charge in [0.1, 0.15) is 0 Å². The van der Waals surface area contributed by atoms with E-state index < -0.39 is 0 Å². The van der Waals surface area contributed by atoms with Crippen molar-refractivity contribution < 1.29 is 5.11 Å². The molecule has 3 heteroatoms. The Kier molecular flexibility index (Phi) is 4.18. The normalized spacial score (nSPS) is 17.7. The van der Waals surface area contributed by atoms with E-state index in [-0.39, 0.29) is 6.61 Å². The van der Waals surface area contributed by atoms with Crippen LogP contribution < -0.4 is 0 Å². The highest BCUT2D eigenvalue weighted by atomic mass is 32.1. The van der Waals surface area contributed by atoms with Crippen molar-refractivity contribution in [3.8, 4) is 0 Å². The lowest BCUT2D eigenvalue weighted by Gasteiger charge is -2.27. The lowest BCUT2D eigenvalue weighted by Crippen LogP contribution is -2.34. The number of aliphatic hydroxyl groups is 1. The maximum Gasteiger partial charge on any atom is 0.0558 e. The topological polar surface area (TPSA) is 23.5 Å². The summed E-state index contributed by atoms with van der Waals surface area (Å²) in [4.78, 5) is 2.44. The predicted octanol–water partition coefficient (Wildman–Crippen LogP) is 2.49. The van der Waals surface area contributed by atoms with Gasteiger partial charge in [0.15, 0.2) is 0 Å². The lowest BCUT2D eigenvalue weighted by molar-refractivity contribution is 0.145. The molecule has 0 aromatic carbocycles.